The quantitative estimate of drug-likeness (QED) is 0.870. The van der Waals surface area contributed by atoms with Gasteiger partial charge in [0.25, 0.3) is 0 Å². The van der Waals surface area contributed by atoms with Crippen molar-refractivity contribution in [1.29, 1.82) is 0 Å². The Kier molecular flexibility index (Phi) is 3.84. The summed E-state index contributed by atoms with van der Waals surface area (Å²) >= 11 is 0. The summed E-state index contributed by atoms with van der Waals surface area (Å²) in [5.74, 6) is 0. The van der Waals surface area contributed by atoms with E-state index in [1.54, 1.807) is 6.26 Å². The van der Waals surface area contributed by atoms with Crippen molar-refractivity contribution >= 4 is 0 Å². The first-order valence-electron chi connectivity index (χ1n) is 6.57. The Hall–Kier alpha value is -0.870. The van der Waals surface area contributed by atoms with Crippen molar-refractivity contribution in [3.8, 4) is 0 Å². The molecule has 4 nitrogen and oxygen atoms in total. The number of hydrogen-bond donors (Lipinski definition) is 1. The lowest BCUT2D eigenvalue weighted by Gasteiger charge is -2.46. The fourth-order valence-electron chi connectivity index (χ4n) is 2.56. The Morgan fingerprint density at radius 1 is 1.53 bits per heavy atom. The maximum atomic E-state index is 4.90. The summed E-state index contributed by atoms with van der Waals surface area (Å²) in [7, 11) is 0. The summed E-state index contributed by atoms with van der Waals surface area (Å²) in [6.07, 6.45) is 3.99. The number of nitrogens with one attached hydrogen (secondary N) is 1. The van der Waals surface area contributed by atoms with Crippen LogP contribution in [0.15, 0.2) is 16.9 Å². The van der Waals surface area contributed by atoms with Crippen molar-refractivity contribution in [1.82, 2.24) is 15.4 Å². The Bertz CT molecular complexity index is 332. The fourth-order valence-corrected chi connectivity index (χ4v) is 2.56. The SMILES string of the molecule is CCC1(CC)CN(Cc2ccon2)C(C)CN1. The van der Waals surface area contributed by atoms with Crippen LogP contribution in [0.25, 0.3) is 0 Å². The van der Waals surface area contributed by atoms with E-state index in [9.17, 15) is 0 Å². The van der Waals surface area contributed by atoms with E-state index in [0.717, 1.165) is 25.3 Å². The maximum absolute atomic E-state index is 4.90. The first-order chi connectivity index (χ1) is 8.19. The van der Waals surface area contributed by atoms with Crippen LogP contribution >= 0.6 is 0 Å². The lowest BCUT2D eigenvalue weighted by Crippen LogP contribution is -2.62. The van der Waals surface area contributed by atoms with E-state index in [2.05, 4.69) is 36.1 Å². The predicted octanol–water partition coefficient (Wildman–Crippen LogP) is 2.03. The van der Waals surface area contributed by atoms with E-state index >= 15 is 0 Å². The van der Waals surface area contributed by atoms with Crippen molar-refractivity contribution in [2.24, 2.45) is 0 Å². The van der Waals surface area contributed by atoms with Crippen LogP contribution in [0.3, 0.4) is 0 Å². The van der Waals surface area contributed by atoms with E-state index in [4.69, 9.17) is 4.52 Å². The molecule has 1 saturated heterocycles. The van der Waals surface area contributed by atoms with Crippen molar-refractivity contribution in [3.63, 3.8) is 0 Å². The van der Waals surface area contributed by atoms with Crippen LogP contribution in [-0.2, 0) is 6.54 Å². The van der Waals surface area contributed by atoms with Gasteiger partial charge in [0.1, 0.15) is 6.26 Å². The number of aromatic nitrogens is 1. The zero-order valence-corrected chi connectivity index (χ0v) is 11.1. The molecule has 17 heavy (non-hydrogen) atoms. The van der Waals surface area contributed by atoms with Gasteiger partial charge in [-0.1, -0.05) is 19.0 Å². The molecule has 4 heteroatoms. The number of piperazine rings is 1. The second-order valence-corrected chi connectivity index (χ2v) is 5.11. The molecule has 0 spiro atoms. The van der Waals surface area contributed by atoms with Gasteiger partial charge in [-0.3, -0.25) is 4.90 Å². The van der Waals surface area contributed by atoms with Gasteiger partial charge in [-0.05, 0) is 19.8 Å². The lowest BCUT2D eigenvalue weighted by molar-refractivity contribution is 0.0727. The summed E-state index contributed by atoms with van der Waals surface area (Å²) in [5, 5.41) is 7.71. The molecule has 0 radical (unpaired) electrons. The Labute approximate surface area is 103 Å². The fraction of sp³-hybridized carbons (Fsp3) is 0.769. The Balaban J connectivity index is 2.04. The molecule has 2 rings (SSSR count). The van der Waals surface area contributed by atoms with Gasteiger partial charge in [-0.25, -0.2) is 0 Å². The number of rotatable bonds is 4. The third-order valence-electron chi connectivity index (χ3n) is 4.11. The average molecular weight is 237 g/mol. The van der Waals surface area contributed by atoms with Gasteiger partial charge in [-0.15, -0.1) is 0 Å². The second kappa shape index (κ2) is 5.19. The van der Waals surface area contributed by atoms with Crippen molar-refractivity contribution in [2.75, 3.05) is 13.1 Å². The smallest absolute Gasteiger partial charge is 0.124 e. The second-order valence-electron chi connectivity index (χ2n) is 5.11. The minimum Gasteiger partial charge on any atom is -0.364 e. The van der Waals surface area contributed by atoms with Crippen molar-refractivity contribution in [3.05, 3.63) is 18.0 Å². The highest BCUT2D eigenvalue weighted by Gasteiger charge is 2.35. The highest BCUT2D eigenvalue weighted by Crippen LogP contribution is 2.23. The van der Waals surface area contributed by atoms with Crippen LogP contribution in [0.2, 0.25) is 0 Å². The van der Waals surface area contributed by atoms with Gasteiger partial charge in [-0.2, -0.15) is 0 Å². The zero-order chi connectivity index (χ0) is 12.3. The molecule has 1 fully saturated rings. The van der Waals surface area contributed by atoms with Crippen LogP contribution in [-0.4, -0.2) is 34.7 Å². The first-order valence-corrected chi connectivity index (χ1v) is 6.57. The van der Waals surface area contributed by atoms with Gasteiger partial charge in [0.05, 0.1) is 5.69 Å². The minimum atomic E-state index is 0.274. The molecule has 0 aromatic carbocycles. The number of hydrogen-bond acceptors (Lipinski definition) is 4. The first kappa shape index (κ1) is 12.6. The molecule has 1 N–H and O–H groups in total. The molecule has 0 aliphatic carbocycles. The molecule has 1 atom stereocenters. The summed E-state index contributed by atoms with van der Waals surface area (Å²) in [5.41, 5.74) is 1.30. The topological polar surface area (TPSA) is 41.3 Å². The third-order valence-corrected chi connectivity index (χ3v) is 4.11. The summed E-state index contributed by atoms with van der Waals surface area (Å²) in [6.45, 7) is 9.83. The normalized spacial score (nSPS) is 25.0. The maximum Gasteiger partial charge on any atom is 0.124 e. The zero-order valence-electron chi connectivity index (χ0n) is 11.1. The van der Waals surface area contributed by atoms with Gasteiger partial charge in [0.2, 0.25) is 0 Å². The number of nitrogens with zero attached hydrogens (tertiary/aromatic N) is 2. The third kappa shape index (κ3) is 2.69. The summed E-state index contributed by atoms with van der Waals surface area (Å²) < 4.78 is 4.90. The van der Waals surface area contributed by atoms with Gasteiger partial charge in [0, 0.05) is 37.3 Å². The molecule has 1 aliphatic heterocycles. The Morgan fingerprint density at radius 2 is 2.29 bits per heavy atom. The van der Waals surface area contributed by atoms with Crippen LogP contribution in [0, 0.1) is 0 Å². The highest BCUT2D eigenvalue weighted by molar-refractivity contribution is 5.00. The monoisotopic (exact) mass is 237 g/mol. The molecule has 2 heterocycles. The predicted molar refractivity (Wildman–Crippen MR) is 67.7 cm³/mol. The summed E-state index contributed by atoms with van der Waals surface area (Å²) in [6, 6.07) is 2.51. The highest BCUT2D eigenvalue weighted by atomic mass is 16.5. The van der Waals surface area contributed by atoms with E-state index in [-0.39, 0.29) is 5.54 Å². The van der Waals surface area contributed by atoms with Crippen LogP contribution in [0.5, 0.6) is 0 Å². The van der Waals surface area contributed by atoms with Crippen molar-refractivity contribution < 1.29 is 4.52 Å². The van der Waals surface area contributed by atoms with E-state index in [1.807, 2.05) is 6.07 Å². The minimum absolute atomic E-state index is 0.274. The molecular weight excluding hydrogens is 214 g/mol. The standard InChI is InChI=1S/C13H23N3O/c1-4-13(5-2)10-16(11(3)8-14-13)9-12-6-7-17-15-12/h6-7,11,14H,4-5,8-10H2,1-3H3. The molecule has 1 aliphatic rings. The van der Waals surface area contributed by atoms with E-state index in [0.29, 0.717) is 6.04 Å². The molecule has 0 bridgehead atoms. The largest absolute Gasteiger partial charge is 0.364 e. The van der Waals surface area contributed by atoms with E-state index < -0.39 is 0 Å². The van der Waals surface area contributed by atoms with Crippen molar-refractivity contribution in [2.45, 2.75) is 51.7 Å². The van der Waals surface area contributed by atoms with Crippen LogP contribution < -0.4 is 5.32 Å². The molecule has 1 aromatic rings. The van der Waals surface area contributed by atoms with E-state index in [1.165, 1.54) is 12.8 Å². The summed E-state index contributed by atoms with van der Waals surface area (Å²) in [4.78, 5) is 2.50. The average Bonchev–Trinajstić information content (AvgIpc) is 2.85. The van der Waals surface area contributed by atoms with Gasteiger partial charge < -0.3 is 9.84 Å². The van der Waals surface area contributed by atoms with Crippen LogP contribution in [0.1, 0.15) is 39.3 Å². The molecule has 1 unspecified atom stereocenters. The lowest BCUT2D eigenvalue weighted by atomic mass is 9.88. The molecule has 1 aromatic heterocycles. The molecule has 0 amide bonds. The Morgan fingerprint density at radius 3 is 2.88 bits per heavy atom. The molecule has 0 saturated carbocycles. The van der Waals surface area contributed by atoms with Crippen LogP contribution in [0.4, 0.5) is 0 Å². The van der Waals surface area contributed by atoms with Gasteiger partial charge >= 0.3 is 0 Å². The molecule has 96 valence electrons. The molecular formula is C13H23N3O. The van der Waals surface area contributed by atoms with Gasteiger partial charge in [0.15, 0.2) is 0 Å².